The first-order valence-electron chi connectivity index (χ1n) is 10.6. The summed E-state index contributed by atoms with van der Waals surface area (Å²) in [5.74, 6) is 1.47. The molecule has 1 saturated carbocycles. The first-order valence-corrected chi connectivity index (χ1v) is 10.6. The Morgan fingerprint density at radius 2 is 1.93 bits per heavy atom. The maximum atomic E-state index is 12.6. The van der Waals surface area contributed by atoms with Gasteiger partial charge in [0, 0.05) is 51.7 Å². The van der Waals surface area contributed by atoms with Gasteiger partial charge in [0.15, 0.2) is 5.96 Å². The molecular weight excluding hydrogens is 477 g/mol. The lowest BCUT2D eigenvalue weighted by Gasteiger charge is -2.22. The van der Waals surface area contributed by atoms with Gasteiger partial charge in [-0.3, -0.25) is 9.79 Å². The smallest absolute Gasteiger partial charge is 0.225 e. The van der Waals surface area contributed by atoms with E-state index in [0.717, 1.165) is 57.9 Å². The molecule has 7 heteroatoms. The third-order valence-electron chi connectivity index (χ3n) is 5.85. The summed E-state index contributed by atoms with van der Waals surface area (Å²) in [7, 11) is 3.94. The van der Waals surface area contributed by atoms with E-state index in [1.807, 2.05) is 6.07 Å². The third-order valence-corrected chi connectivity index (χ3v) is 5.85. The second-order valence-corrected chi connectivity index (χ2v) is 8.12. The van der Waals surface area contributed by atoms with E-state index in [0.29, 0.717) is 11.9 Å². The maximum Gasteiger partial charge on any atom is 0.225 e. The van der Waals surface area contributed by atoms with Crippen LogP contribution in [0.2, 0.25) is 0 Å². The molecular formula is C22H36IN5O. The molecule has 0 bridgehead atoms. The van der Waals surface area contributed by atoms with Crippen molar-refractivity contribution in [2.24, 2.45) is 10.9 Å². The summed E-state index contributed by atoms with van der Waals surface area (Å²) in [6.07, 6.45) is 5.57. The van der Waals surface area contributed by atoms with Crippen LogP contribution in [0.4, 0.5) is 0 Å². The number of carbonyl (C=O) groups excluding carboxylic acids is 1. The fourth-order valence-corrected chi connectivity index (χ4v) is 4.24. The third kappa shape index (κ3) is 7.44. The summed E-state index contributed by atoms with van der Waals surface area (Å²) in [6.45, 7) is 4.37. The van der Waals surface area contributed by atoms with Crippen molar-refractivity contribution in [3.05, 3.63) is 35.9 Å². The molecule has 1 heterocycles. The van der Waals surface area contributed by atoms with Gasteiger partial charge in [0.2, 0.25) is 5.91 Å². The van der Waals surface area contributed by atoms with E-state index in [9.17, 15) is 4.79 Å². The van der Waals surface area contributed by atoms with Crippen LogP contribution in [0.3, 0.4) is 0 Å². The summed E-state index contributed by atoms with van der Waals surface area (Å²) in [4.78, 5) is 21.3. The average molecular weight is 513 g/mol. The number of hydrogen-bond donors (Lipinski definition) is 2. The van der Waals surface area contributed by atoms with Crippen LogP contribution in [0.5, 0.6) is 0 Å². The number of nitrogens with one attached hydrogen (secondary N) is 2. The number of hydrogen-bond acceptors (Lipinski definition) is 3. The van der Waals surface area contributed by atoms with Gasteiger partial charge in [-0.2, -0.15) is 0 Å². The lowest BCUT2D eigenvalue weighted by Crippen LogP contribution is -2.46. The zero-order valence-corrected chi connectivity index (χ0v) is 20.1. The number of guanidine groups is 1. The number of likely N-dealkylation sites (N-methyl/N-ethyl adjacent to an activating group) is 1. The molecule has 1 unspecified atom stereocenters. The summed E-state index contributed by atoms with van der Waals surface area (Å²) >= 11 is 0. The van der Waals surface area contributed by atoms with E-state index in [1.165, 1.54) is 18.4 Å². The Morgan fingerprint density at radius 3 is 2.62 bits per heavy atom. The number of rotatable bonds is 7. The maximum absolute atomic E-state index is 12.6. The molecule has 1 aliphatic heterocycles. The molecule has 6 nitrogen and oxygen atoms in total. The number of likely N-dealkylation sites (tertiary alicyclic amines) is 1. The zero-order chi connectivity index (χ0) is 19.8. The van der Waals surface area contributed by atoms with Crippen molar-refractivity contribution in [3.8, 4) is 0 Å². The highest BCUT2D eigenvalue weighted by molar-refractivity contribution is 14.0. The first-order chi connectivity index (χ1) is 13.7. The molecule has 1 amide bonds. The highest BCUT2D eigenvalue weighted by Crippen LogP contribution is 2.27. The van der Waals surface area contributed by atoms with Gasteiger partial charge in [-0.05, 0) is 31.9 Å². The van der Waals surface area contributed by atoms with E-state index in [-0.39, 0.29) is 29.9 Å². The number of nitrogens with zero attached hydrogens (tertiary/aromatic N) is 3. The quantitative estimate of drug-likeness (QED) is 0.335. The van der Waals surface area contributed by atoms with Crippen LogP contribution in [0, 0.1) is 5.92 Å². The van der Waals surface area contributed by atoms with Crippen LogP contribution in [-0.2, 0) is 11.3 Å². The van der Waals surface area contributed by atoms with Crippen LogP contribution in [-0.4, -0.2) is 68.0 Å². The molecule has 162 valence electrons. The second kappa shape index (κ2) is 12.4. The standard InChI is InChI=1S/C22H35N5O.HI/c1-23-22(24-13-15-26(2)16-18-8-4-3-5-9-18)25-20-12-14-27(17-20)21(28)19-10-6-7-11-19;/h3-5,8-9,19-20H,6-7,10-17H2,1-2H3,(H2,23,24,25);1H. The van der Waals surface area contributed by atoms with Crippen LogP contribution in [0.25, 0.3) is 0 Å². The van der Waals surface area contributed by atoms with Crippen LogP contribution in [0.1, 0.15) is 37.7 Å². The molecule has 0 spiro atoms. The van der Waals surface area contributed by atoms with Gasteiger partial charge in [0.1, 0.15) is 0 Å². The molecule has 2 N–H and O–H groups in total. The van der Waals surface area contributed by atoms with Crippen molar-refractivity contribution in [2.75, 3.05) is 40.3 Å². The molecule has 1 saturated heterocycles. The zero-order valence-electron chi connectivity index (χ0n) is 17.8. The van der Waals surface area contributed by atoms with Gasteiger partial charge in [-0.25, -0.2) is 0 Å². The number of amides is 1. The number of halogens is 1. The van der Waals surface area contributed by atoms with E-state index < -0.39 is 0 Å². The predicted molar refractivity (Wildman–Crippen MR) is 130 cm³/mol. The van der Waals surface area contributed by atoms with Crippen molar-refractivity contribution < 1.29 is 4.79 Å². The minimum atomic E-state index is 0. The molecule has 2 aliphatic rings. The minimum Gasteiger partial charge on any atom is -0.355 e. The normalized spacial score (nSPS) is 20.0. The van der Waals surface area contributed by atoms with Crippen LogP contribution in [0.15, 0.2) is 35.3 Å². The predicted octanol–water partition coefficient (Wildman–Crippen LogP) is 2.69. The second-order valence-electron chi connectivity index (χ2n) is 8.12. The highest BCUT2D eigenvalue weighted by atomic mass is 127. The summed E-state index contributed by atoms with van der Waals surface area (Å²) in [5, 5.41) is 6.90. The van der Waals surface area contributed by atoms with Crippen molar-refractivity contribution in [1.82, 2.24) is 20.4 Å². The van der Waals surface area contributed by atoms with Crippen molar-refractivity contribution in [3.63, 3.8) is 0 Å². The van der Waals surface area contributed by atoms with Crippen LogP contribution < -0.4 is 10.6 Å². The van der Waals surface area contributed by atoms with Gasteiger partial charge < -0.3 is 20.4 Å². The monoisotopic (exact) mass is 513 g/mol. The Morgan fingerprint density at radius 1 is 1.21 bits per heavy atom. The number of carbonyl (C=O) groups is 1. The molecule has 0 radical (unpaired) electrons. The number of aliphatic imine (C=N–C) groups is 1. The van der Waals surface area contributed by atoms with Gasteiger partial charge in [-0.15, -0.1) is 24.0 Å². The summed E-state index contributed by atoms with van der Waals surface area (Å²) in [6, 6.07) is 10.8. The minimum absolute atomic E-state index is 0. The SMILES string of the molecule is CN=C(NCCN(C)Cc1ccccc1)NC1CCN(C(=O)C2CCCC2)C1.I. The molecule has 0 aromatic heterocycles. The van der Waals surface area contributed by atoms with Gasteiger partial charge in [0.05, 0.1) is 0 Å². The van der Waals surface area contributed by atoms with Crippen molar-refractivity contribution in [1.29, 1.82) is 0 Å². The fourth-order valence-electron chi connectivity index (χ4n) is 4.24. The molecule has 1 aromatic carbocycles. The van der Waals surface area contributed by atoms with E-state index in [2.05, 4.69) is 56.7 Å². The molecule has 2 fully saturated rings. The topological polar surface area (TPSA) is 60.0 Å². The van der Waals surface area contributed by atoms with E-state index >= 15 is 0 Å². The number of benzene rings is 1. The average Bonchev–Trinajstić information content (AvgIpc) is 3.40. The molecule has 1 aromatic rings. The Kier molecular flexibility index (Phi) is 10.2. The van der Waals surface area contributed by atoms with Crippen molar-refractivity contribution >= 4 is 35.8 Å². The summed E-state index contributed by atoms with van der Waals surface area (Å²) < 4.78 is 0. The largest absolute Gasteiger partial charge is 0.355 e. The highest BCUT2D eigenvalue weighted by Gasteiger charge is 2.32. The van der Waals surface area contributed by atoms with Gasteiger partial charge >= 0.3 is 0 Å². The van der Waals surface area contributed by atoms with Gasteiger partial charge in [0.25, 0.3) is 0 Å². The summed E-state index contributed by atoms with van der Waals surface area (Å²) in [5.41, 5.74) is 1.32. The molecule has 1 atom stereocenters. The Bertz CT molecular complexity index is 648. The lowest BCUT2D eigenvalue weighted by atomic mass is 10.1. The Balaban J connectivity index is 0.00000300. The van der Waals surface area contributed by atoms with Gasteiger partial charge in [-0.1, -0.05) is 43.2 Å². The lowest BCUT2D eigenvalue weighted by molar-refractivity contribution is -0.134. The fraction of sp³-hybridized carbons (Fsp3) is 0.636. The molecule has 1 aliphatic carbocycles. The van der Waals surface area contributed by atoms with Crippen molar-refractivity contribution in [2.45, 2.75) is 44.7 Å². The first kappa shape index (κ1) is 23.9. The van der Waals surface area contributed by atoms with E-state index in [4.69, 9.17) is 0 Å². The molecule has 29 heavy (non-hydrogen) atoms. The Labute approximate surface area is 192 Å². The molecule has 3 rings (SSSR count). The Hall–Kier alpha value is -1.35. The van der Waals surface area contributed by atoms with E-state index in [1.54, 1.807) is 7.05 Å². The van der Waals surface area contributed by atoms with Crippen LogP contribution >= 0.6 is 24.0 Å².